The number of azo groups is 1. The number of anilines is 1. The fourth-order valence-corrected chi connectivity index (χ4v) is 3.95. The van der Waals surface area contributed by atoms with Crippen LogP contribution in [0.2, 0.25) is 0 Å². The van der Waals surface area contributed by atoms with Crippen LogP contribution < -0.4 is 5.43 Å². The highest BCUT2D eigenvalue weighted by Gasteiger charge is 2.23. The van der Waals surface area contributed by atoms with Crippen LogP contribution in [0.3, 0.4) is 0 Å². The minimum absolute atomic E-state index is 0.0975. The number of allylic oxidation sites excluding steroid dienone is 8. The molecule has 2 atom stereocenters. The third-order valence-corrected chi connectivity index (χ3v) is 5.71. The van der Waals surface area contributed by atoms with E-state index in [2.05, 4.69) is 103 Å². The van der Waals surface area contributed by atoms with E-state index in [1.54, 1.807) is 6.92 Å². The Morgan fingerprint density at radius 3 is 2.19 bits per heavy atom. The summed E-state index contributed by atoms with van der Waals surface area (Å²) in [6.07, 6.45) is 24.7. The number of aromatic amines is 2. The average Bonchev–Trinajstić information content (AvgIpc) is 3.40. The lowest BCUT2D eigenvalue weighted by Gasteiger charge is -2.25. The van der Waals surface area contributed by atoms with Crippen molar-refractivity contribution < 1.29 is 0 Å². The summed E-state index contributed by atoms with van der Waals surface area (Å²) in [6, 6.07) is 0. The zero-order chi connectivity index (χ0) is 22.4. The van der Waals surface area contributed by atoms with Crippen molar-refractivity contribution in [3.8, 4) is 0 Å². The molecule has 8 heteroatoms. The molecule has 2 heterocycles. The molecule has 0 radical (unpaired) electrons. The summed E-state index contributed by atoms with van der Waals surface area (Å²) in [5, 5.41) is 12.5. The van der Waals surface area contributed by atoms with Crippen molar-refractivity contribution in [2.75, 3.05) is 5.43 Å². The molecular weight excluding hydrogens is 400 g/mol. The van der Waals surface area contributed by atoms with Gasteiger partial charge in [0.05, 0.1) is 12.4 Å². The molecule has 3 N–H and O–H groups in total. The molecule has 2 aromatic rings. The van der Waals surface area contributed by atoms with Crippen LogP contribution in [-0.2, 0) is 12.8 Å². The number of nitrogens with zero attached hydrogens (tertiary/aromatic N) is 5. The van der Waals surface area contributed by atoms with Gasteiger partial charge in [0.2, 0.25) is 11.9 Å². The highest BCUT2D eigenvalue weighted by atomic mass is 15.4. The van der Waals surface area contributed by atoms with Crippen LogP contribution in [0.4, 0.5) is 11.9 Å². The van der Waals surface area contributed by atoms with Gasteiger partial charge in [-0.3, -0.25) is 0 Å². The number of hydrogen-bond acceptors (Lipinski definition) is 5. The first-order valence-corrected chi connectivity index (χ1v) is 10.9. The second-order valence-electron chi connectivity index (χ2n) is 9.10. The van der Waals surface area contributed by atoms with Gasteiger partial charge >= 0.3 is 0 Å². The second-order valence-corrected chi connectivity index (χ2v) is 9.10. The normalized spacial score (nSPS) is 25.2. The summed E-state index contributed by atoms with van der Waals surface area (Å²) in [7, 11) is 0. The lowest BCUT2D eigenvalue weighted by molar-refractivity contribution is 0.422. The zero-order valence-electron chi connectivity index (χ0n) is 18.8. The Balaban J connectivity index is 1.30. The van der Waals surface area contributed by atoms with Crippen molar-refractivity contribution in [2.24, 2.45) is 26.2 Å². The SMILES string of the molecule is C/C(N=Nc1ncc(CC2(C)C=CC=CC2)[nH]1)=N\Nc1ncc(CC2(C)C=CC=CC2)[nH]1. The second kappa shape index (κ2) is 9.30. The topological polar surface area (TPSA) is 106 Å². The number of nitrogens with one attached hydrogen (secondary N) is 3. The summed E-state index contributed by atoms with van der Waals surface area (Å²) in [6.45, 7) is 6.25. The van der Waals surface area contributed by atoms with Gasteiger partial charge < -0.3 is 9.97 Å². The summed E-state index contributed by atoms with van der Waals surface area (Å²) < 4.78 is 0. The lowest BCUT2D eigenvalue weighted by atomic mass is 9.80. The molecule has 0 fully saturated rings. The minimum atomic E-state index is 0.0975. The maximum absolute atomic E-state index is 4.35. The van der Waals surface area contributed by atoms with Crippen LogP contribution in [0.15, 0.2) is 76.3 Å². The largest absolute Gasteiger partial charge is 0.327 e. The first-order valence-electron chi connectivity index (χ1n) is 10.9. The Morgan fingerprint density at radius 2 is 1.56 bits per heavy atom. The number of H-pyrrole nitrogens is 2. The van der Waals surface area contributed by atoms with Crippen LogP contribution in [-0.4, -0.2) is 25.8 Å². The summed E-state index contributed by atoms with van der Waals surface area (Å²) in [4.78, 5) is 15.2. The number of hydrogen-bond donors (Lipinski definition) is 3. The van der Waals surface area contributed by atoms with E-state index in [0.29, 0.717) is 17.7 Å². The van der Waals surface area contributed by atoms with E-state index in [1.165, 1.54) is 0 Å². The molecule has 4 rings (SSSR count). The van der Waals surface area contributed by atoms with E-state index >= 15 is 0 Å². The van der Waals surface area contributed by atoms with E-state index in [4.69, 9.17) is 0 Å². The van der Waals surface area contributed by atoms with Crippen molar-refractivity contribution in [3.05, 3.63) is 72.4 Å². The van der Waals surface area contributed by atoms with E-state index in [0.717, 1.165) is 37.1 Å². The van der Waals surface area contributed by atoms with Gasteiger partial charge in [0.15, 0.2) is 5.84 Å². The Bertz CT molecular complexity index is 1110. The predicted octanol–water partition coefficient (Wildman–Crippen LogP) is 5.79. The van der Waals surface area contributed by atoms with Crippen LogP contribution >= 0.6 is 0 Å². The lowest BCUT2D eigenvalue weighted by Crippen LogP contribution is -2.17. The molecule has 0 saturated carbocycles. The maximum Gasteiger partial charge on any atom is 0.247 e. The van der Waals surface area contributed by atoms with Gasteiger partial charge in [-0.1, -0.05) is 62.5 Å². The molecule has 2 aromatic heterocycles. The minimum Gasteiger partial charge on any atom is -0.327 e. The quantitative estimate of drug-likeness (QED) is 0.224. The zero-order valence-corrected chi connectivity index (χ0v) is 18.8. The summed E-state index contributed by atoms with van der Waals surface area (Å²) in [5.41, 5.74) is 5.21. The summed E-state index contributed by atoms with van der Waals surface area (Å²) >= 11 is 0. The van der Waals surface area contributed by atoms with E-state index in [-0.39, 0.29) is 10.8 Å². The van der Waals surface area contributed by atoms with Crippen molar-refractivity contribution in [2.45, 2.75) is 46.5 Å². The third kappa shape index (κ3) is 5.78. The van der Waals surface area contributed by atoms with Crippen molar-refractivity contribution in [3.63, 3.8) is 0 Å². The van der Waals surface area contributed by atoms with Crippen molar-refractivity contribution in [1.29, 1.82) is 0 Å². The first kappa shape index (κ1) is 21.7. The fraction of sp³-hybridized carbons (Fsp3) is 0.375. The Labute approximate surface area is 188 Å². The van der Waals surface area contributed by atoms with E-state index in [1.807, 2.05) is 12.4 Å². The number of rotatable bonds is 7. The molecule has 0 aromatic carbocycles. The van der Waals surface area contributed by atoms with Gasteiger partial charge in [0.1, 0.15) is 0 Å². The Kier molecular flexibility index (Phi) is 6.30. The smallest absolute Gasteiger partial charge is 0.247 e. The third-order valence-electron chi connectivity index (χ3n) is 5.71. The molecule has 0 bridgehead atoms. The maximum atomic E-state index is 4.35. The highest BCUT2D eigenvalue weighted by molar-refractivity contribution is 5.80. The molecule has 0 spiro atoms. The van der Waals surface area contributed by atoms with Crippen LogP contribution in [0, 0.1) is 10.8 Å². The fourth-order valence-electron chi connectivity index (χ4n) is 3.95. The molecule has 0 amide bonds. The van der Waals surface area contributed by atoms with Gasteiger partial charge in [-0.05, 0) is 43.4 Å². The first-order chi connectivity index (χ1) is 15.4. The molecule has 8 nitrogen and oxygen atoms in total. The van der Waals surface area contributed by atoms with Gasteiger partial charge in [-0.15, -0.1) is 10.2 Å². The van der Waals surface area contributed by atoms with Crippen LogP contribution in [0.5, 0.6) is 0 Å². The molecule has 0 aliphatic heterocycles. The predicted molar refractivity (Wildman–Crippen MR) is 128 cm³/mol. The van der Waals surface area contributed by atoms with Gasteiger partial charge in [0, 0.05) is 11.4 Å². The molecule has 2 unspecified atom stereocenters. The Hall–Kier alpha value is -3.55. The van der Waals surface area contributed by atoms with Crippen LogP contribution in [0.1, 0.15) is 45.0 Å². The molecule has 166 valence electrons. The number of imidazole rings is 2. The van der Waals surface area contributed by atoms with E-state index < -0.39 is 0 Å². The number of aromatic nitrogens is 4. The Morgan fingerprint density at radius 1 is 0.938 bits per heavy atom. The number of amidine groups is 1. The van der Waals surface area contributed by atoms with Crippen LogP contribution in [0.25, 0.3) is 0 Å². The van der Waals surface area contributed by atoms with E-state index in [9.17, 15) is 0 Å². The highest BCUT2D eigenvalue weighted by Crippen LogP contribution is 2.32. The molecule has 2 aliphatic carbocycles. The van der Waals surface area contributed by atoms with Crippen molar-refractivity contribution in [1.82, 2.24) is 19.9 Å². The van der Waals surface area contributed by atoms with Crippen molar-refractivity contribution >= 4 is 17.7 Å². The standard InChI is InChI=1S/C24H30N8/c1-18(29-31-21-25-16-19(27-21)14-23(2)10-6-4-7-11-23)30-32-22-26-17-20(28-22)15-24(3)12-8-5-9-13-24/h4-10,12,16-17H,11,13-15H2,1-3H3,(H,25,27)(H2,26,28,32)/b30-18+,31-29?. The van der Waals surface area contributed by atoms with Gasteiger partial charge in [0.25, 0.3) is 0 Å². The molecular formula is C24H30N8. The molecule has 2 aliphatic rings. The monoisotopic (exact) mass is 430 g/mol. The molecule has 32 heavy (non-hydrogen) atoms. The summed E-state index contributed by atoms with van der Waals surface area (Å²) in [5.74, 6) is 1.52. The van der Waals surface area contributed by atoms with Gasteiger partial charge in [-0.2, -0.15) is 5.10 Å². The average molecular weight is 431 g/mol. The van der Waals surface area contributed by atoms with Gasteiger partial charge in [-0.25, -0.2) is 15.4 Å². The molecule has 0 saturated heterocycles. The number of hydrazone groups is 1.